The Morgan fingerprint density at radius 3 is 3.07 bits per heavy atom. The molecule has 1 N–H and O–H groups in total. The Balaban J connectivity index is 2.06. The first kappa shape index (κ1) is 9.71. The molecule has 5 heteroatoms. The van der Waals surface area contributed by atoms with Crippen LogP contribution < -0.4 is 0 Å². The second-order valence-electron chi connectivity index (χ2n) is 2.80. The highest BCUT2D eigenvalue weighted by Gasteiger charge is 2.13. The fraction of sp³-hybridized carbons (Fsp3) is 0.222. The average Bonchev–Trinajstić information content (AvgIpc) is 2.75. The predicted molar refractivity (Wildman–Crippen MR) is 54.5 cm³/mol. The first-order chi connectivity index (χ1) is 6.75. The number of hydrogen-bond donors (Lipinski definition) is 1. The highest BCUT2D eigenvalue weighted by molar-refractivity contribution is 7.15. The van der Waals surface area contributed by atoms with Gasteiger partial charge < -0.3 is 9.52 Å². The summed E-state index contributed by atoms with van der Waals surface area (Å²) in [5, 5.41) is 10.4. The number of halogens is 1. The van der Waals surface area contributed by atoms with Gasteiger partial charge in [0.25, 0.3) is 0 Å². The summed E-state index contributed by atoms with van der Waals surface area (Å²) in [5.74, 6) is 0.740. The zero-order valence-electron chi connectivity index (χ0n) is 7.18. The molecule has 0 bridgehead atoms. The molecule has 0 saturated carbocycles. The highest BCUT2D eigenvalue weighted by atomic mass is 35.5. The summed E-state index contributed by atoms with van der Waals surface area (Å²) >= 11 is 6.99. The Morgan fingerprint density at radius 2 is 2.50 bits per heavy atom. The minimum Gasteiger partial charge on any atom is -0.469 e. The van der Waals surface area contributed by atoms with Crippen molar-refractivity contribution in [3.05, 3.63) is 39.7 Å². The van der Waals surface area contributed by atoms with Gasteiger partial charge in [0.2, 0.25) is 0 Å². The lowest BCUT2D eigenvalue weighted by Gasteiger charge is -2.03. The van der Waals surface area contributed by atoms with Gasteiger partial charge in [-0.25, -0.2) is 4.98 Å². The fourth-order valence-corrected chi connectivity index (χ4v) is 2.04. The van der Waals surface area contributed by atoms with Crippen molar-refractivity contribution < 1.29 is 9.52 Å². The van der Waals surface area contributed by atoms with Gasteiger partial charge in [0.15, 0.2) is 0 Å². The van der Waals surface area contributed by atoms with Gasteiger partial charge in [0, 0.05) is 6.42 Å². The molecular weight excluding hydrogens is 222 g/mol. The molecule has 0 amide bonds. The van der Waals surface area contributed by atoms with E-state index >= 15 is 0 Å². The van der Waals surface area contributed by atoms with E-state index in [0.29, 0.717) is 15.8 Å². The molecule has 0 radical (unpaired) electrons. The normalized spacial score (nSPS) is 13.0. The number of aliphatic hydroxyl groups is 1. The Bertz CT molecular complexity index is 399. The van der Waals surface area contributed by atoms with Crippen LogP contribution in [-0.4, -0.2) is 10.1 Å². The van der Waals surface area contributed by atoms with Gasteiger partial charge in [-0.05, 0) is 12.1 Å². The minimum atomic E-state index is -0.640. The summed E-state index contributed by atoms with van der Waals surface area (Å²) in [6.07, 6.45) is 2.90. The van der Waals surface area contributed by atoms with Gasteiger partial charge >= 0.3 is 0 Å². The smallest absolute Gasteiger partial charge is 0.123 e. The van der Waals surface area contributed by atoms with E-state index in [4.69, 9.17) is 16.0 Å². The zero-order chi connectivity index (χ0) is 9.97. The van der Waals surface area contributed by atoms with Crippen LogP contribution in [0.4, 0.5) is 0 Å². The van der Waals surface area contributed by atoms with Crippen molar-refractivity contribution in [2.24, 2.45) is 0 Å². The number of thiazole rings is 1. The zero-order valence-corrected chi connectivity index (χ0v) is 8.76. The predicted octanol–water partition coefficient (Wildman–Crippen LogP) is 2.67. The molecule has 74 valence electrons. The summed E-state index contributed by atoms with van der Waals surface area (Å²) in [4.78, 5) is 3.99. The number of aromatic nitrogens is 1. The Labute approximate surface area is 90.0 Å². The van der Waals surface area contributed by atoms with Gasteiger partial charge in [-0.2, -0.15) is 0 Å². The number of aliphatic hydroxyl groups excluding tert-OH is 1. The molecule has 14 heavy (non-hydrogen) atoms. The molecule has 0 saturated heterocycles. The minimum absolute atomic E-state index is 0.427. The molecule has 0 aliphatic carbocycles. The third kappa shape index (κ3) is 2.15. The Kier molecular flexibility index (Phi) is 2.86. The topological polar surface area (TPSA) is 46.3 Å². The van der Waals surface area contributed by atoms with Gasteiger partial charge in [-0.15, -0.1) is 11.3 Å². The summed E-state index contributed by atoms with van der Waals surface area (Å²) < 4.78 is 5.70. The first-order valence-corrected chi connectivity index (χ1v) is 5.27. The first-order valence-electron chi connectivity index (χ1n) is 4.07. The molecule has 3 nitrogen and oxygen atoms in total. The molecule has 2 heterocycles. The maximum absolute atomic E-state index is 9.73. The van der Waals surface area contributed by atoms with Crippen LogP contribution in [0.25, 0.3) is 0 Å². The summed E-state index contributed by atoms with van der Waals surface area (Å²) in [5.41, 5.74) is 0. The molecule has 0 aliphatic rings. The van der Waals surface area contributed by atoms with Crippen molar-refractivity contribution in [1.29, 1.82) is 0 Å². The Morgan fingerprint density at radius 1 is 1.64 bits per heavy atom. The van der Waals surface area contributed by atoms with Crippen molar-refractivity contribution in [2.45, 2.75) is 12.5 Å². The molecule has 0 aromatic carbocycles. The van der Waals surface area contributed by atoms with Crippen LogP contribution in [0.3, 0.4) is 0 Å². The van der Waals surface area contributed by atoms with Crippen LogP contribution in [-0.2, 0) is 6.42 Å². The van der Waals surface area contributed by atoms with E-state index in [-0.39, 0.29) is 0 Å². The van der Waals surface area contributed by atoms with Gasteiger partial charge in [0.05, 0.1) is 12.5 Å². The summed E-state index contributed by atoms with van der Waals surface area (Å²) in [6, 6.07) is 3.61. The number of hydrogen-bond acceptors (Lipinski definition) is 4. The van der Waals surface area contributed by atoms with E-state index in [1.165, 1.54) is 17.5 Å². The van der Waals surface area contributed by atoms with Crippen LogP contribution in [0.2, 0.25) is 4.34 Å². The number of nitrogens with zero attached hydrogens (tertiary/aromatic N) is 1. The second-order valence-corrected chi connectivity index (χ2v) is 4.50. The van der Waals surface area contributed by atoms with E-state index in [1.54, 1.807) is 12.3 Å². The van der Waals surface area contributed by atoms with Crippen LogP contribution in [0, 0.1) is 0 Å². The van der Waals surface area contributed by atoms with Crippen LogP contribution in [0.1, 0.15) is 16.9 Å². The molecule has 0 spiro atoms. The third-order valence-corrected chi connectivity index (χ3v) is 2.97. The van der Waals surface area contributed by atoms with E-state index in [0.717, 1.165) is 5.76 Å². The lowest BCUT2D eigenvalue weighted by atomic mass is 10.2. The highest BCUT2D eigenvalue weighted by Crippen LogP contribution is 2.26. The molecule has 2 aromatic rings. The average molecular weight is 230 g/mol. The maximum atomic E-state index is 9.73. The molecule has 0 fully saturated rings. The molecular formula is C9H8ClNO2S. The van der Waals surface area contributed by atoms with Crippen molar-refractivity contribution >= 4 is 22.9 Å². The lowest BCUT2D eigenvalue weighted by Crippen LogP contribution is -1.99. The van der Waals surface area contributed by atoms with E-state index in [2.05, 4.69) is 4.98 Å². The van der Waals surface area contributed by atoms with Gasteiger partial charge in [-0.1, -0.05) is 11.6 Å². The largest absolute Gasteiger partial charge is 0.469 e. The van der Waals surface area contributed by atoms with Crippen molar-refractivity contribution in [2.75, 3.05) is 0 Å². The lowest BCUT2D eigenvalue weighted by molar-refractivity contribution is 0.170. The monoisotopic (exact) mass is 229 g/mol. The van der Waals surface area contributed by atoms with Crippen LogP contribution >= 0.6 is 22.9 Å². The fourth-order valence-electron chi connectivity index (χ4n) is 1.13. The second kappa shape index (κ2) is 4.13. The van der Waals surface area contributed by atoms with Gasteiger partial charge in [0.1, 0.15) is 21.2 Å². The molecule has 0 aliphatic heterocycles. The quantitative estimate of drug-likeness (QED) is 0.880. The van der Waals surface area contributed by atoms with Crippen LogP contribution in [0.15, 0.2) is 29.0 Å². The third-order valence-electron chi connectivity index (χ3n) is 1.76. The summed E-state index contributed by atoms with van der Waals surface area (Å²) in [6.45, 7) is 0. The van der Waals surface area contributed by atoms with E-state index in [9.17, 15) is 5.11 Å². The Hall–Kier alpha value is -0.840. The standard InChI is InChI=1S/C9H8ClNO2S/c10-8-5-11-9(14-8)7(12)4-6-2-1-3-13-6/h1-3,5,7,12H,4H2. The maximum Gasteiger partial charge on any atom is 0.123 e. The van der Waals surface area contributed by atoms with Crippen molar-refractivity contribution in [3.63, 3.8) is 0 Å². The number of rotatable bonds is 3. The molecule has 2 rings (SSSR count). The SMILES string of the molecule is OC(Cc1ccco1)c1ncc(Cl)s1. The van der Waals surface area contributed by atoms with Crippen molar-refractivity contribution in [3.8, 4) is 0 Å². The molecule has 2 aromatic heterocycles. The summed E-state index contributed by atoms with van der Waals surface area (Å²) in [7, 11) is 0. The van der Waals surface area contributed by atoms with E-state index < -0.39 is 6.10 Å². The molecule has 1 atom stereocenters. The molecule has 1 unspecified atom stereocenters. The number of furan rings is 1. The van der Waals surface area contributed by atoms with Gasteiger partial charge in [-0.3, -0.25) is 0 Å². The van der Waals surface area contributed by atoms with Crippen molar-refractivity contribution in [1.82, 2.24) is 4.98 Å². The van der Waals surface area contributed by atoms with E-state index in [1.807, 2.05) is 6.07 Å². The van der Waals surface area contributed by atoms with Crippen LogP contribution in [0.5, 0.6) is 0 Å².